The van der Waals surface area contributed by atoms with Gasteiger partial charge < -0.3 is 0 Å². The Hall–Kier alpha value is -5.12. The van der Waals surface area contributed by atoms with Crippen LogP contribution in [0.15, 0.2) is 128 Å². The average Bonchev–Trinajstić information content (AvgIpc) is 3.61. The molecule has 5 aromatic carbocycles. The van der Waals surface area contributed by atoms with Gasteiger partial charge in [-0.05, 0) is 58.3 Å². The second kappa shape index (κ2) is 6.43. The lowest BCUT2D eigenvalue weighted by molar-refractivity contribution is -1.02. The SMILES string of the molecule is Cc1cc[n+]2c(c1)-c1cccc3c1[N+]21c2c(ccc4ccc5ccc[n+]1c5c24)C31c2ccccc2-c2ccccc21. The number of rotatable bonds is 0. The largest absolute Gasteiger partial charge is 0.294 e. The van der Waals surface area contributed by atoms with E-state index in [1.165, 1.54) is 83.3 Å². The smallest absolute Gasteiger partial charge is 0.0619 e. The molecule has 5 heterocycles. The molecule has 41 heavy (non-hydrogen) atoms. The summed E-state index contributed by atoms with van der Waals surface area (Å²) in [6.45, 7) is 2.20. The van der Waals surface area contributed by atoms with E-state index in [1.807, 2.05) is 0 Å². The number of nitrogens with zero attached hydrogens (tertiary/aromatic N) is 3. The van der Waals surface area contributed by atoms with Gasteiger partial charge in [0.15, 0.2) is 4.70 Å². The van der Waals surface area contributed by atoms with Gasteiger partial charge in [-0.1, -0.05) is 78.9 Å². The van der Waals surface area contributed by atoms with Crippen LogP contribution in [0.25, 0.3) is 44.1 Å². The van der Waals surface area contributed by atoms with Crippen LogP contribution in [-0.2, 0) is 5.41 Å². The van der Waals surface area contributed by atoms with Gasteiger partial charge in [0.2, 0.25) is 12.4 Å². The Morgan fingerprint density at radius 2 is 1.22 bits per heavy atom. The molecule has 2 spiro atoms. The number of hydrogen-bond acceptors (Lipinski definition) is 0. The van der Waals surface area contributed by atoms with E-state index in [2.05, 4.69) is 144 Å². The molecule has 0 saturated carbocycles. The quantitative estimate of drug-likeness (QED) is 0.111. The minimum Gasteiger partial charge on any atom is -0.0619 e. The fourth-order valence-corrected chi connectivity index (χ4v) is 9.00. The van der Waals surface area contributed by atoms with Gasteiger partial charge >= 0.3 is 0 Å². The number of pyridine rings is 2. The molecule has 0 saturated heterocycles. The van der Waals surface area contributed by atoms with Crippen LogP contribution >= 0.6 is 0 Å². The fourth-order valence-electron chi connectivity index (χ4n) is 9.00. The number of fused-ring (bicyclic) bond motifs is 9. The van der Waals surface area contributed by atoms with E-state index in [4.69, 9.17) is 0 Å². The lowest BCUT2D eigenvalue weighted by Gasteiger charge is -2.38. The fraction of sp³-hybridized carbons (Fsp3) is 0.0526. The first-order valence-corrected chi connectivity index (χ1v) is 14.4. The predicted molar refractivity (Wildman–Crippen MR) is 162 cm³/mol. The lowest BCUT2D eigenvalue weighted by atomic mass is 9.64. The highest BCUT2D eigenvalue weighted by molar-refractivity contribution is 6.15. The minimum atomic E-state index is -0.410. The molecule has 1 unspecified atom stereocenters. The maximum Gasteiger partial charge on any atom is 0.294 e. The molecule has 1 atom stereocenters. The zero-order chi connectivity index (χ0) is 26.7. The summed E-state index contributed by atoms with van der Waals surface area (Å²) in [4.78, 5) is 0. The number of aryl methyl sites for hydroxylation is 1. The second-order valence-electron chi connectivity index (χ2n) is 12.0. The Labute approximate surface area is 236 Å². The first-order valence-electron chi connectivity index (χ1n) is 14.4. The second-order valence-corrected chi connectivity index (χ2v) is 12.0. The van der Waals surface area contributed by atoms with Crippen LogP contribution in [0.4, 0.5) is 11.4 Å². The Balaban J connectivity index is 1.48. The van der Waals surface area contributed by atoms with Gasteiger partial charge in [0.05, 0.1) is 20.2 Å². The van der Waals surface area contributed by atoms with Crippen molar-refractivity contribution in [3.8, 4) is 22.4 Å². The molecule has 0 bridgehead atoms. The molecule has 188 valence electrons. The molecule has 7 aromatic rings. The van der Waals surface area contributed by atoms with E-state index in [1.54, 1.807) is 0 Å². The van der Waals surface area contributed by atoms with Crippen molar-refractivity contribution >= 4 is 33.1 Å². The summed E-state index contributed by atoms with van der Waals surface area (Å²) in [6, 6.07) is 43.8. The maximum absolute atomic E-state index is 2.53. The third kappa shape index (κ3) is 1.93. The van der Waals surface area contributed by atoms with Crippen molar-refractivity contribution in [2.75, 3.05) is 0 Å². The first kappa shape index (κ1) is 20.7. The van der Waals surface area contributed by atoms with Crippen molar-refractivity contribution in [1.82, 2.24) is 4.70 Å². The molecule has 11 rings (SSSR count). The average molecular weight is 523 g/mol. The van der Waals surface area contributed by atoms with Gasteiger partial charge in [-0.25, -0.2) is 0 Å². The monoisotopic (exact) mass is 522 g/mol. The number of para-hydroxylation sites is 1. The Morgan fingerprint density at radius 1 is 0.537 bits per heavy atom. The number of aromatic nitrogens is 2. The molecule has 0 fully saturated rings. The van der Waals surface area contributed by atoms with Gasteiger partial charge in [0.25, 0.3) is 22.6 Å². The Kier molecular flexibility index (Phi) is 3.25. The third-order valence-electron chi connectivity index (χ3n) is 10.3. The van der Waals surface area contributed by atoms with E-state index >= 15 is 0 Å². The Morgan fingerprint density at radius 3 is 2.05 bits per heavy atom. The molecule has 2 aromatic heterocycles. The number of benzene rings is 5. The maximum atomic E-state index is 2.53. The molecule has 1 aliphatic carbocycles. The molecule has 4 aliphatic rings. The van der Waals surface area contributed by atoms with Crippen LogP contribution in [0.2, 0.25) is 0 Å². The summed E-state index contributed by atoms with van der Waals surface area (Å²) in [5.41, 5.74) is 15.7. The zero-order valence-corrected chi connectivity index (χ0v) is 22.5. The lowest BCUT2D eigenvalue weighted by Crippen LogP contribution is -2.82. The van der Waals surface area contributed by atoms with E-state index < -0.39 is 5.41 Å². The van der Waals surface area contributed by atoms with Gasteiger partial charge in [0.1, 0.15) is 10.9 Å². The van der Waals surface area contributed by atoms with Crippen molar-refractivity contribution in [3.63, 3.8) is 0 Å². The predicted octanol–water partition coefficient (Wildman–Crippen LogP) is 7.41. The van der Waals surface area contributed by atoms with E-state index in [0.29, 0.717) is 4.70 Å². The third-order valence-corrected chi connectivity index (χ3v) is 10.3. The van der Waals surface area contributed by atoms with E-state index in [0.717, 1.165) is 0 Å². The van der Waals surface area contributed by atoms with E-state index in [-0.39, 0.29) is 0 Å². The van der Waals surface area contributed by atoms with E-state index in [9.17, 15) is 0 Å². The summed E-state index contributed by atoms with van der Waals surface area (Å²) < 4.78 is 5.57. The number of hydrogen-bond donors (Lipinski definition) is 0. The van der Waals surface area contributed by atoms with Crippen molar-refractivity contribution < 1.29 is 9.35 Å². The normalized spacial score (nSPS) is 18.7. The summed E-state index contributed by atoms with van der Waals surface area (Å²) in [6.07, 6.45) is 4.60. The van der Waals surface area contributed by atoms with Crippen LogP contribution in [0.1, 0.15) is 27.8 Å². The van der Waals surface area contributed by atoms with Crippen LogP contribution in [0.3, 0.4) is 0 Å². The zero-order valence-electron chi connectivity index (χ0n) is 22.5. The van der Waals surface area contributed by atoms with Crippen LogP contribution in [0, 0.1) is 6.92 Å². The summed E-state index contributed by atoms with van der Waals surface area (Å²) in [5.74, 6) is 0. The molecule has 3 nitrogen and oxygen atoms in total. The highest BCUT2D eigenvalue weighted by atomic mass is 15.9. The van der Waals surface area contributed by atoms with Crippen molar-refractivity contribution in [2.45, 2.75) is 12.3 Å². The Bertz CT molecular complexity index is 2360. The van der Waals surface area contributed by atoms with Crippen LogP contribution in [-0.4, -0.2) is 0 Å². The first-order chi connectivity index (χ1) is 20.3. The van der Waals surface area contributed by atoms with Crippen LogP contribution in [0.5, 0.6) is 0 Å². The van der Waals surface area contributed by atoms with Crippen LogP contribution < -0.4 is 14.1 Å². The molecule has 0 N–H and O–H groups in total. The van der Waals surface area contributed by atoms with Gasteiger partial charge in [0, 0.05) is 29.3 Å². The molecule has 0 amide bonds. The summed E-state index contributed by atoms with van der Waals surface area (Å²) in [5, 5.41) is 3.93. The topological polar surface area (TPSA) is 7.76 Å². The van der Waals surface area contributed by atoms with Crippen molar-refractivity contribution in [3.05, 3.63) is 155 Å². The molecular formula is C38H24N3+3. The van der Waals surface area contributed by atoms with Crippen molar-refractivity contribution in [1.29, 1.82) is 0 Å². The summed E-state index contributed by atoms with van der Waals surface area (Å²) in [7, 11) is 0. The standard InChI is InChI=1S/C38H24N3/c1-23-19-21-39-33(22-23)28-11-6-14-31-36(28)41(39)37-32(18-17-24-15-16-25-8-7-20-40(41)35(25)34(24)37)38(31)29-12-4-2-9-26(29)27-10-3-5-13-30(27)38/h2-22H,1H3/q+3. The van der Waals surface area contributed by atoms with Gasteiger partial charge in [-0.2, -0.15) is 0 Å². The molecule has 3 aliphatic heterocycles. The molecular weight excluding hydrogens is 498 g/mol. The highest BCUT2D eigenvalue weighted by Gasteiger charge is 2.74. The molecule has 3 heteroatoms. The van der Waals surface area contributed by atoms with Gasteiger partial charge in [-0.3, -0.25) is 0 Å². The number of quaternary nitrogens is 1. The van der Waals surface area contributed by atoms with Crippen molar-refractivity contribution in [2.24, 2.45) is 0 Å². The van der Waals surface area contributed by atoms with Gasteiger partial charge in [-0.15, -0.1) is 0 Å². The molecule has 0 radical (unpaired) electrons. The highest BCUT2D eigenvalue weighted by Crippen LogP contribution is 2.67. The minimum absolute atomic E-state index is 0.410. The summed E-state index contributed by atoms with van der Waals surface area (Å²) >= 11 is 0.